The first-order chi connectivity index (χ1) is 11.7. The molecular formula is C18H35IN4O2. The fourth-order valence-electron chi connectivity index (χ4n) is 2.84. The van der Waals surface area contributed by atoms with E-state index in [1.165, 1.54) is 0 Å². The highest BCUT2D eigenvalue weighted by atomic mass is 127. The zero-order valence-electron chi connectivity index (χ0n) is 15.8. The number of nitrogens with one attached hydrogen (secondary N) is 2. The van der Waals surface area contributed by atoms with Crippen LogP contribution in [-0.4, -0.2) is 62.2 Å². The van der Waals surface area contributed by atoms with Crippen LogP contribution in [0.25, 0.3) is 0 Å². The molecule has 1 unspecified atom stereocenters. The minimum absolute atomic E-state index is 0. The van der Waals surface area contributed by atoms with Crippen molar-refractivity contribution in [1.29, 1.82) is 0 Å². The minimum Gasteiger partial charge on any atom is -0.382 e. The number of likely N-dealkylation sites (tertiary alicyclic amines) is 1. The average Bonchev–Trinajstić information content (AvgIpc) is 3.01. The molecule has 1 fully saturated rings. The number of carbonyl (C=O) groups excluding carboxylic acids is 1. The van der Waals surface area contributed by atoms with Crippen molar-refractivity contribution in [1.82, 2.24) is 15.5 Å². The summed E-state index contributed by atoms with van der Waals surface area (Å²) >= 11 is 0. The van der Waals surface area contributed by atoms with E-state index in [4.69, 9.17) is 4.74 Å². The van der Waals surface area contributed by atoms with Crippen LogP contribution in [0.1, 0.15) is 46.0 Å². The van der Waals surface area contributed by atoms with Crippen LogP contribution in [0.15, 0.2) is 17.6 Å². The van der Waals surface area contributed by atoms with Gasteiger partial charge in [-0.1, -0.05) is 13.0 Å². The third kappa shape index (κ3) is 10.0. The number of ether oxygens (including phenoxy) is 1. The molecule has 0 aromatic carbocycles. The van der Waals surface area contributed by atoms with Gasteiger partial charge in [-0.05, 0) is 32.6 Å². The Morgan fingerprint density at radius 1 is 1.44 bits per heavy atom. The number of aliphatic imine (C=N–C) groups is 1. The molecule has 7 heteroatoms. The van der Waals surface area contributed by atoms with Crippen LogP contribution in [0, 0.1) is 0 Å². The highest BCUT2D eigenvalue weighted by Gasteiger charge is 2.26. The predicted octanol–water partition coefficient (Wildman–Crippen LogP) is 2.54. The Balaban J connectivity index is 0.00000576. The van der Waals surface area contributed by atoms with Crippen molar-refractivity contribution in [2.75, 3.05) is 39.4 Å². The van der Waals surface area contributed by atoms with Crippen LogP contribution in [0.3, 0.4) is 0 Å². The predicted molar refractivity (Wildman–Crippen MR) is 115 cm³/mol. The molecular weight excluding hydrogens is 431 g/mol. The van der Waals surface area contributed by atoms with Crippen LogP contribution in [0.4, 0.5) is 0 Å². The molecule has 1 aliphatic rings. The summed E-state index contributed by atoms with van der Waals surface area (Å²) in [5.74, 6) is 1.10. The van der Waals surface area contributed by atoms with Gasteiger partial charge >= 0.3 is 0 Å². The third-order valence-electron chi connectivity index (χ3n) is 4.13. The number of hydrogen-bond donors (Lipinski definition) is 2. The van der Waals surface area contributed by atoms with Crippen LogP contribution in [-0.2, 0) is 9.53 Å². The third-order valence-corrected chi connectivity index (χ3v) is 4.13. The zero-order valence-corrected chi connectivity index (χ0v) is 18.1. The van der Waals surface area contributed by atoms with E-state index in [0.717, 1.165) is 64.5 Å². The summed E-state index contributed by atoms with van der Waals surface area (Å²) in [4.78, 5) is 18.5. The molecule has 25 heavy (non-hydrogen) atoms. The maximum atomic E-state index is 11.9. The van der Waals surface area contributed by atoms with E-state index in [9.17, 15) is 4.79 Å². The van der Waals surface area contributed by atoms with Gasteiger partial charge in [-0.3, -0.25) is 9.79 Å². The van der Waals surface area contributed by atoms with Gasteiger partial charge in [0.05, 0.1) is 0 Å². The molecule has 0 radical (unpaired) electrons. The average molecular weight is 466 g/mol. The van der Waals surface area contributed by atoms with Crippen molar-refractivity contribution in [2.24, 2.45) is 4.99 Å². The molecule has 0 aliphatic carbocycles. The maximum absolute atomic E-state index is 11.9. The lowest BCUT2D eigenvalue weighted by Gasteiger charge is -2.27. The Kier molecular flexibility index (Phi) is 14.9. The standard InChI is InChI=1S/C18H34N4O2.HI/c1-4-11-19-18(20-12-8-15-24-6-3)21-13-10-16(5-2)22-14-7-9-17(22)23;/h4,16H,1,5-15H2,2-3H3,(H2,19,20,21);1H. The number of amides is 1. The van der Waals surface area contributed by atoms with E-state index in [0.29, 0.717) is 24.9 Å². The largest absolute Gasteiger partial charge is 0.382 e. The maximum Gasteiger partial charge on any atom is 0.222 e. The first-order valence-electron chi connectivity index (χ1n) is 9.23. The molecule has 1 aliphatic heterocycles. The first kappa shape index (κ1) is 24.2. The number of hydrogen-bond acceptors (Lipinski definition) is 3. The molecule has 0 spiro atoms. The molecule has 0 bridgehead atoms. The summed E-state index contributed by atoms with van der Waals surface area (Å²) in [6.07, 6.45) is 6.36. The van der Waals surface area contributed by atoms with Crippen LogP contribution < -0.4 is 10.6 Å². The molecule has 1 saturated heterocycles. The summed E-state index contributed by atoms with van der Waals surface area (Å²) in [6, 6.07) is 0.325. The number of rotatable bonds is 12. The molecule has 146 valence electrons. The Bertz CT molecular complexity index is 405. The SMILES string of the molecule is C=CCNC(=NCCCOCC)NCCC(CC)N1CCCC1=O.I. The lowest BCUT2D eigenvalue weighted by atomic mass is 10.1. The van der Waals surface area contributed by atoms with Gasteiger partial charge in [0.1, 0.15) is 0 Å². The summed E-state index contributed by atoms with van der Waals surface area (Å²) in [5.41, 5.74) is 0. The second kappa shape index (κ2) is 15.4. The van der Waals surface area contributed by atoms with Gasteiger partial charge in [0.25, 0.3) is 0 Å². The minimum atomic E-state index is 0. The fourth-order valence-corrected chi connectivity index (χ4v) is 2.84. The second-order valence-electron chi connectivity index (χ2n) is 5.92. The van der Waals surface area contributed by atoms with Crippen molar-refractivity contribution in [3.8, 4) is 0 Å². The highest BCUT2D eigenvalue weighted by Crippen LogP contribution is 2.17. The second-order valence-corrected chi connectivity index (χ2v) is 5.92. The van der Waals surface area contributed by atoms with E-state index < -0.39 is 0 Å². The van der Waals surface area contributed by atoms with Gasteiger partial charge in [0, 0.05) is 51.9 Å². The van der Waals surface area contributed by atoms with Crippen molar-refractivity contribution in [3.63, 3.8) is 0 Å². The van der Waals surface area contributed by atoms with Gasteiger partial charge in [-0.15, -0.1) is 30.6 Å². The summed E-state index contributed by atoms with van der Waals surface area (Å²) in [6.45, 7) is 12.5. The summed E-state index contributed by atoms with van der Waals surface area (Å²) in [7, 11) is 0. The molecule has 0 aromatic rings. The molecule has 1 rings (SSSR count). The summed E-state index contributed by atoms with van der Waals surface area (Å²) in [5, 5.41) is 6.59. The first-order valence-corrected chi connectivity index (χ1v) is 9.23. The lowest BCUT2D eigenvalue weighted by molar-refractivity contribution is -0.129. The lowest BCUT2D eigenvalue weighted by Crippen LogP contribution is -2.42. The smallest absolute Gasteiger partial charge is 0.222 e. The van der Waals surface area contributed by atoms with Gasteiger partial charge < -0.3 is 20.3 Å². The van der Waals surface area contributed by atoms with Crippen molar-refractivity contribution < 1.29 is 9.53 Å². The van der Waals surface area contributed by atoms with E-state index >= 15 is 0 Å². The van der Waals surface area contributed by atoms with Gasteiger partial charge in [-0.25, -0.2) is 0 Å². The number of halogens is 1. The van der Waals surface area contributed by atoms with E-state index in [1.54, 1.807) is 0 Å². The number of guanidine groups is 1. The van der Waals surface area contributed by atoms with E-state index in [2.05, 4.69) is 29.1 Å². The van der Waals surface area contributed by atoms with Crippen molar-refractivity contribution in [2.45, 2.75) is 52.0 Å². The number of nitrogens with zero attached hydrogens (tertiary/aromatic N) is 2. The molecule has 0 saturated carbocycles. The number of carbonyl (C=O) groups is 1. The molecule has 1 atom stereocenters. The molecule has 1 heterocycles. The van der Waals surface area contributed by atoms with Crippen molar-refractivity contribution >= 4 is 35.8 Å². The molecule has 0 aromatic heterocycles. The van der Waals surface area contributed by atoms with Gasteiger partial charge in [0.15, 0.2) is 5.96 Å². The van der Waals surface area contributed by atoms with E-state index in [-0.39, 0.29) is 24.0 Å². The highest BCUT2D eigenvalue weighted by molar-refractivity contribution is 14.0. The van der Waals surface area contributed by atoms with Crippen LogP contribution in [0.2, 0.25) is 0 Å². The Labute approximate surface area is 169 Å². The zero-order chi connectivity index (χ0) is 17.6. The molecule has 1 amide bonds. The topological polar surface area (TPSA) is 66.0 Å². The Morgan fingerprint density at radius 3 is 2.84 bits per heavy atom. The quantitative estimate of drug-likeness (QED) is 0.153. The molecule has 2 N–H and O–H groups in total. The molecule has 6 nitrogen and oxygen atoms in total. The van der Waals surface area contributed by atoms with Gasteiger partial charge in [-0.2, -0.15) is 0 Å². The van der Waals surface area contributed by atoms with Crippen molar-refractivity contribution in [3.05, 3.63) is 12.7 Å². The van der Waals surface area contributed by atoms with Crippen LogP contribution in [0.5, 0.6) is 0 Å². The Hall–Kier alpha value is -0.830. The van der Waals surface area contributed by atoms with Gasteiger partial charge in [0.2, 0.25) is 5.91 Å². The van der Waals surface area contributed by atoms with E-state index in [1.807, 2.05) is 17.9 Å². The Morgan fingerprint density at radius 2 is 2.24 bits per heavy atom. The summed E-state index contributed by atoms with van der Waals surface area (Å²) < 4.78 is 5.33. The normalized spacial score (nSPS) is 15.7. The van der Waals surface area contributed by atoms with Crippen LogP contribution >= 0.6 is 24.0 Å². The fraction of sp³-hybridized carbons (Fsp3) is 0.778. The monoisotopic (exact) mass is 466 g/mol.